The van der Waals surface area contributed by atoms with E-state index in [4.69, 9.17) is 5.73 Å². The Balaban J connectivity index is 0.00000361. The minimum Gasteiger partial charge on any atom is -0.324 e. The maximum absolute atomic E-state index is 12.2. The van der Waals surface area contributed by atoms with Crippen LogP contribution in [0.3, 0.4) is 0 Å². The number of nitrogens with one attached hydrogen (secondary N) is 1. The van der Waals surface area contributed by atoms with Crippen molar-refractivity contribution in [1.29, 1.82) is 0 Å². The standard InChI is InChI=1S/C13H21BrN2O2S.ClH/c1-4-13(15,5-2)9-16-19(17,18)12-7-6-10(3)8-11(12)14;/h6-8,16H,4-5,9,15H2,1-3H3;1H. The van der Waals surface area contributed by atoms with Gasteiger partial charge in [0, 0.05) is 16.6 Å². The molecule has 0 amide bonds. The van der Waals surface area contributed by atoms with E-state index in [1.165, 1.54) is 0 Å². The van der Waals surface area contributed by atoms with Gasteiger partial charge in [-0.25, -0.2) is 13.1 Å². The van der Waals surface area contributed by atoms with Crippen molar-refractivity contribution in [3.8, 4) is 0 Å². The van der Waals surface area contributed by atoms with Crippen LogP contribution in [0.15, 0.2) is 27.6 Å². The van der Waals surface area contributed by atoms with Crippen molar-refractivity contribution < 1.29 is 8.42 Å². The number of halogens is 2. The summed E-state index contributed by atoms with van der Waals surface area (Å²) >= 11 is 3.29. The van der Waals surface area contributed by atoms with Crippen molar-refractivity contribution >= 4 is 38.4 Å². The third-order valence-electron chi connectivity index (χ3n) is 3.40. The molecule has 116 valence electrons. The molecule has 0 radical (unpaired) electrons. The maximum atomic E-state index is 12.2. The highest BCUT2D eigenvalue weighted by atomic mass is 79.9. The topological polar surface area (TPSA) is 72.2 Å². The van der Waals surface area contributed by atoms with Gasteiger partial charge in [0.2, 0.25) is 10.0 Å². The molecule has 3 N–H and O–H groups in total. The van der Waals surface area contributed by atoms with Gasteiger partial charge >= 0.3 is 0 Å². The molecule has 0 saturated carbocycles. The molecule has 4 nitrogen and oxygen atoms in total. The Labute approximate surface area is 136 Å². The summed E-state index contributed by atoms with van der Waals surface area (Å²) in [6, 6.07) is 5.15. The van der Waals surface area contributed by atoms with Crippen molar-refractivity contribution in [3.05, 3.63) is 28.2 Å². The number of nitrogens with two attached hydrogens (primary N) is 1. The molecule has 7 heteroatoms. The number of rotatable bonds is 6. The molecular weight excluding hydrogens is 364 g/mol. The minimum atomic E-state index is -3.54. The summed E-state index contributed by atoms with van der Waals surface area (Å²) in [4.78, 5) is 0.243. The van der Waals surface area contributed by atoms with Gasteiger partial charge in [0.15, 0.2) is 0 Å². The van der Waals surface area contributed by atoms with Crippen LogP contribution >= 0.6 is 28.3 Å². The molecule has 1 aromatic carbocycles. The molecule has 0 unspecified atom stereocenters. The first-order chi connectivity index (χ1) is 8.74. The molecule has 0 atom stereocenters. The first kappa shape index (κ1) is 19.9. The Hall–Kier alpha value is -0.140. The van der Waals surface area contributed by atoms with E-state index in [-0.39, 0.29) is 23.8 Å². The van der Waals surface area contributed by atoms with Crippen LogP contribution in [0.2, 0.25) is 0 Å². The normalized spacial score (nSPS) is 12.1. The molecule has 0 aliphatic carbocycles. The van der Waals surface area contributed by atoms with Gasteiger partial charge in [-0.05, 0) is 53.4 Å². The second-order valence-corrected chi connectivity index (χ2v) is 7.42. The fourth-order valence-corrected chi connectivity index (χ4v) is 3.97. The number of hydrogen-bond donors (Lipinski definition) is 2. The molecule has 0 aliphatic heterocycles. The van der Waals surface area contributed by atoms with Gasteiger partial charge in [0.05, 0.1) is 4.90 Å². The average molecular weight is 386 g/mol. The van der Waals surface area contributed by atoms with Gasteiger partial charge in [-0.3, -0.25) is 0 Å². The first-order valence-corrected chi connectivity index (χ1v) is 8.56. The van der Waals surface area contributed by atoms with Gasteiger partial charge < -0.3 is 5.73 Å². The Bertz CT molecular complexity index is 545. The molecule has 0 heterocycles. The Morgan fingerprint density at radius 1 is 1.30 bits per heavy atom. The van der Waals surface area contributed by atoms with E-state index >= 15 is 0 Å². The van der Waals surface area contributed by atoms with E-state index in [2.05, 4.69) is 20.7 Å². The van der Waals surface area contributed by atoms with Crippen LogP contribution in [0.4, 0.5) is 0 Å². The third kappa shape index (κ3) is 5.00. The highest BCUT2D eigenvalue weighted by Crippen LogP contribution is 2.23. The molecule has 0 aliphatic rings. The van der Waals surface area contributed by atoms with Crippen molar-refractivity contribution in [1.82, 2.24) is 4.72 Å². The van der Waals surface area contributed by atoms with Gasteiger partial charge in [-0.1, -0.05) is 19.9 Å². The van der Waals surface area contributed by atoms with Gasteiger partial charge in [-0.2, -0.15) is 0 Å². The lowest BCUT2D eigenvalue weighted by atomic mass is 9.95. The summed E-state index contributed by atoms with van der Waals surface area (Å²) in [7, 11) is -3.54. The van der Waals surface area contributed by atoms with Crippen LogP contribution in [0.5, 0.6) is 0 Å². The summed E-state index contributed by atoms with van der Waals surface area (Å²) < 4.78 is 27.7. The van der Waals surface area contributed by atoms with Crippen LogP contribution in [0, 0.1) is 6.92 Å². The molecule has 1 rings (SSSR count). The van der Waals surface area contributed by atoms with E-state index in [0.29, 0.717) is 4.47 Å². The van der Waals surface area contributed by atoms with E-state index < -0.39 is 15.6 Å². The molecule has 0 saturated heterocycles. The van der Waals surface area contributed by atoms with E-state index in [0.717, 1.165) is 18.4 Å². The highest BCUT2D eigenvalue weighted by Gasteiger charge is 2.25. The molecule has 0 fully saturated rings. The third-order valence-corrected chi connectivity index (χ3v) is 5.78. The van der Waals surface area contributed by atoms with Crippen LogP contribution < -0.4 is 10.5 Å². The van der Waals surface area contributed by atoms with Gasteiger partial charge in [-0.15, -0.1) is 12.4 Å². The number of benzene rings is 1. The van der Waals surface area contributed by atoms with Crippen LogP contribution in [-0.2, 0) is 10.0 Å². The highest BCUT2D eigenvalue weighted by molar-refractivity contribution is 9.10. The second-order valence-electron chi connectivity index (χ2n) is 4.83. The summed E-state index contributed by atoms with van der Waals surface area (Å²) in [5, 5.41) is 0. The van der Waals surface area contributed by atoms with Crippen molar-refractivity contribution in [2.75, 3.05) is 6.54 Å². The van der Waals surface area contributed by atoms with Gasteiger partial charge in [0.1, 0.15) is 0 Å². The number of sulfonamides is 1. The zero-order valence-electron chi connectivity index (χ0n) is 11.9. The SMILES string of the molecule is CCC(N)(CC)CNS(=O)(=O)c1ccc(C)cc1Br.Cl. The van der Waals surface area contributed by atoms with Crippen molar-refractivity contribution in [2.24, 2.45) is 5.73 Å². The summed E-state index contributed by atoms with van der Waals surface area (Å²) in [5.41, 5.74) is 6.61. The quantitative estimate of drug-likeness (QED) is 0.790. The monoisotopic (exact) mass is 384 g/mol. The number of aryl methyl sites for hydroxylation is 1. The molecule has 0 bridgehead atoms. The van der Waals surface area contributed by atoms with Crippen LogP contribution in [0.25, 0.3) is 0 Å². The maximum Gasteiger partial charge on any atom is 0.241 e. The lowest BCUT2D eigenvalue weighted by Crippen LogP contribution is -2.49. The summed E-state index contributed by atoms with van der Waals surface area (Å²) in [5.74, 6) is 0. The average Bonchev–Trinajstić information content (AvgIpc) is 2.35. The fourth-order valence-electron chi connectivity index (χ4n) is 1.64. The largest absolute Gasteiger partial charge is 0.324 e. The predicted molar refractivity (Wildman–Crippen MR) is 88.8 cm³/mol. The zero-order chi connectivity index (χ0) is 14.7. The molecule has 20 heavy (non-hydrogen) atoms. The van der Waals surface area contributed by atoms with E-state index in [1.807, 2.05) is 20.8 Å². The molecule has 1 aromatic rings. The van der Waals surface area contributed by atoms with E-state index in [9.17, 15) is 8.42 Å². The first-order valence-electron chi connectivity index (χ1n) is 6.29. The number of hydrogen-bond acceptors (Lipinski definition) is 3. The van der Waals surface area contributed by atoms with E-state index in [1.54, 1.807) is 18.2 Å². The lowest BCUT2D eigenvalue weighted by Gasteiger charge is -2.26. The summed E-state index contributed by atoms with van der Waals surface area (Å²) in [6.07, 6.45) is 1.45. The Kier molecular flexibility index (Phi) is 7.70. The molecular formula is C13H22BrClN2O2S. The Morgan fingerprint density at radius 3 is 2.30 bits per heavy atom. The zero-order valence-corrected chi connectivity index (χ0v) is 15.2. The van der Waals surface area contributed by atoms with Crippen molar-refractivity contribution in [2.45, 2.75) is 44.0 Å². The van der Waals surface area contributed by atoms with Gasteiger partial charge in [0.25, 0.3) is 0 Å². The second kappa shape index (κ2) is 7.75. The predicted octanol–water partition coefficient (Wildman–Crippen LogP) is 2.98. The van der Waals surface area contributed by atoms with Crippen LogP contribution in [0.1, 0.15) is 32.3 Å². The molecule has 0 aromatic heterocycles. The summed E-state index contributed by atoms with van der Waals surface area (Å²) in [6.45, 7) is 6.06. The van der Waals surface area contributed by atoms with Crippen LogP contribution in [-0.4, -0.2) is 20.5 Å². The smallest absolute Gasteiger partial charge is 0.241 e. The lowest BCUT2D eigenvalue weighted by molar-refractivity contribution is 0.391. The fraction of sp³-hybridized carbons (Fsp3) is 0.538. The minimum absolute atomic E-state index is 0. The van der Waals surface area contributed by atoms with Crippen molar-refractivity contribution in [3.63, 3.8) is 0 Å². The molecule has 0 spiro atoms. The Morgan fingerprint density at radius 2 is 1.85 bits per heavy atom.